The van der Waals surface area contributed by atoms with Crippen molar-refractivity contribution in [2.75, 3.05) is 26.2 Å². The van der Waals surface area contributed by atoms with Crippen molar-refractivity contribution >= 4 is 45.9 Å². The second-order valence-electron chi connectivity index (χ2n) is 8.26. The van der Waals surface area contributed by atoms with Gasteiger partial charge >= 0.3 is 0 Å². The Morgan fingerprint density at radius 1 is 1.34 bits per heavy atom. The van der Waals surface area contributed by atoms with Crippen LogP contribution >= 0.6 is 39.9 Å². The summed E-state index contributed by atoms with van der Waals surface area (Å²) in [4.78, 5) is 7.53. The fourth-order valence-electron chi connectivity index (χ4n) is 4.31. The van der Waals surface area contributed by atoms with E-state index in [4.69, 9.17) is 4.99 Å². The lowest BCUT2D eigenvalue weighted by molar-refractivity contribution is 0.458. The van der Waals surface area contributed by atoms with Crippen molar-refractivity contribution in [1.82, 2.24) is 20.0 Å². The minimum Gasteiger partial charge on any atom is -0.357 e. The predicted octanol–water partition coefficient (Wildman–Crippen LogP) is 4.36. The van der Waals surface area contributed by atoms with Crippen LogP contribution in [0, 0.1) is 5.92 Å². The monoisotopic (exact) mass is 571 g/mol. The van der Waals surface area contributed by atoms with Gasteiger partial charge < -0.3 is 10.2 Å². The highest BCUT2D eigenvalue weighted by molar-refractivity contribution is 14.0. The van der Waals surface area contributed by atoms with Gasteiger partial charge in [-0.2, -0.15) is 5.10 Å². The summed E-state index contributed by atoms with van der Waals surface area (Å²) in [5, 5.41) is 7.83. The molecule has 0 spiro atoms. The standard InChI is InChI=1S/C22H30BrN5.HI/c1-3-24-21(25-16-22(9-10-22)19-6-4-5-7-20(19)23)28-11-8-17(15-28)12-18-13-26-27(2)14-18;/h4-7,13-14,17H,3,8-12,15-16H2,1-2H3,(H,24,25);1H. The number of rotatable bonds is 6. The van der Waals surface area contributed by atoms with Crippen molar-refractivity contribution in [2.24, 2.45) is 18.0 Å². The first kappa shape index (κ1) is 22.6. The van der Waals surface area contributed by atoms with Gasteiger partial charge in [0.2, 0.25) is 0 Å². The van der Waals surface area contributed by atoms with Gasteiger partial charge in [0.1, 0.15) is 0 Å². The topological polar surface area (TPSA) is 45.5 Å². The Bertz CT molecular complexity index is 845. The third-order valence-electron chi connectivity index (χ3n) is 6.03. The van der Waals surface area contributed by atoms with Gasteiger partial charge in [-0.1, -0.05) is 34.1 Å². The van der Waals surface area contributed by atoms with Crippen LogP contribution < -0.4 is 5.32 Å². The third-order valence-corrected chi connectivity index (χ3v) is 6.72. The first-order valence-corrected chi connectivity index (χ1v) is 11.1. The molecule has 1 aromatic carbocycles. The Hall–Kier alpha value is -1.09. The molecule has 7 heteroatoms. The highest BCUT2D eigenvalue weighted by atomic mass is 127. The number of guanidine groups is 1. The van der Waals surface area contributed by atoms with Crippen molar-refractivity contribution < 1.29 is 0 Å². The zero-order valence-corrected chi connectivity index (χ0v) is 21.2. The van der Waals surface area contributed by atoms with Gasteiger partial charge in [-0.25, -0.2) is 0 Å². The zero-order valence-electron chi connectivity index (χ0n) is 17.3. The maximum Gasteiger partial charge on any atom is 0.193 e. The average Bonchev–Trinajstić information content (AvgIpc) is 3.13. The summed E-state index contributed by atoms with van der Waals surface area (Å²) in [7, 11) is 1.99. The molecule has 0 radical (unpaired) electrons. The van der Waals surface area contributed by atoms with Gasteiger partial charge in [-0.15, -0.1) is 24.0 Å². The van der Waals surface area contributed by atoms with Crippen LogP contribution in [0.4, 0.5) is 0 Å². The summed E-state index contributed by atoms with van der Waals surface area (Å²) >= 11 is 3.74. The molecule has 5 nitrogen and oxygen atoms in total. The molecule has 0 bridgehead atoms. The summed E-state index contributed by atoms with van der Waals surface area (Å²) in [6.45, 7) is 6.08. The molecule has 4 rings (SSSR count). The highest BCUT2D eigenvalue weighted by Gasteiger charge is 2.45. The molecule has 2 fully saturated rings. The molecule has 2 heterocycles. The Labute approximate surface area is 199 Å². The number of likely N-dealkylation sites (tertiary alicyclic amines) is 1. The lowest BCUT2D eigenvalue weighted by Crippen LogP contribution is -2.40. The molecule has 2 aromatic rings. The molecular formula is C22H31BrIN5. The number of aliphatic imine (C=N–C) groups is 1. The summed E-state index contributed by atoms with van der Waals surface area (Å²) in [6.07, 6.45) is 8.90. The second kappa shape index (κ2) is 9.81. The van der Waals surface area contributed by atoms with E-state index in [1.807, 2.05) is 17.9 Å². The van der Waals surface area contributed by atoms with Crippen molar-refractivity contribution in [1.29, 1.82) is 0 Å². The molecule has 1 aromatic heterocycles. The van der Waals surface area contributed by atoms with Crippen LogP contribution in [-0.4, -0.2) is 46.8 Å². The van der Waals surface area contributed by atoms with Crippen molar-refractivity contribution in [2.45, 2.75) is 38.0 Å². The van der Waals surface area contributed by atoms with Gasteiger partial charge in [0.05, 0.1) is 12.7 Å². The molecule has 1 aliphatic carbocycles. The number of hydrogen-bond donors (Lipinski definition) is 1. The maximum atomic E-state index is 5.09. The molecule has 0 amide bonds. The van der Waals surface area contributed by atoms with E-state index >= 15 is 0 Å². The van der Waals surface area contributed by atoms with Gasteiger partial charge in [-0.3, -0.25) is 9.67 Å². The molecule has 158 valence electrons. The van der Waals surface area contributed by atoms with Gasteiger partial charge in [0, 0.05) is 42.8 Å². The number of aryl methyl sites for hydroxylation is 1. The summed E-state index contributed by atoms with van der Waals surface area (Å²) in [5.74, 6) is 1.75. The van der Waals surface area contributed by atoms with E-state index in [0.717, 1.165) is 38.6 Å². The molecular weight excluding hydrogens is 541 g/mol. The molecule has 1 N–H and O–H groups in total. The fraction of sp³-hybridized carbons (Fsp3) is 0.545. The number of aromatic nitrogens is 2. The Balaban J connectivity index is 0.00000240. The zero-order chi connectivity index (χ0) is 19.6. The third kappa shape index (κ3) is 5.34. The van der Waals surface area contributed by atoms with Gasteiger partial charge in [0.15, 0.2) is 5.96 Å². The van der Waals surface area contributed by atoms with E-state index < -0.39 is 0 Å². The second-order valence-corrected chi connectivity index (χ2v) is 9.11. The number of nitrogens with zero attached hydrogens (tertiary/aromatic N) is 4. The predicted molar refractivity (Wildman–Crippen MR) is 133 cm³/mol. The van der Waals surface area contributed by atoms with E-state index in [0.29, 0.717) is 5.92 Å². The highest BCUT2D eigenvalue weighted by Crippen LogP contribution is 2.50. The van der Waals surface area contributed by atoms with Crippen molar-refractivity contribution in [3.63, 3.8) is 0 Å². The SMILES string of the molecule is CCNC(=NCC1(c2ccccc2Br)CC1)N1CCC(Cc2cnn(C)c2)C1.I. The van der Waals surface area contributed by atoms with E-state index in [1.54, 1.807) is 0 Å². The summed E-state index contributed by atoms with van der Waals surface area (Å²) < 4.78 is 3.11. The lowest BCUT2D eigenvalue weighted by atomic mass is 9.96. The molecule has 1 saturated carbocycles. The molecule has 1 saturated heterocycles. The summed E-state index contributed by atoms with van der Waals surface area (Å²) in [5.41, 5.74) is 2.96. The first-order chi connectivity index (χ1) is 13.6. The first-order valence-electron chi connectivity index (χ1n) is 10.4. The molecule has 1 unspecified atom stereocenters. The van der Waals surface area contributed by atoms with Crippen LogP contribution in [0.5, 0.6) is 0 Å². The molecule has 29 heavy (non-hydrogen) atoms. The lowest BCUT2D eigenvalue weighted by Gasteiger charge is -2.23. The van der Waals surface area contributed by atoms with Crippen LogP contribution in [-0.2, 0) is 18.9 Å². The molecule has 2 aliphatic rings. The normalized spacial score (nSPS) is 20.4. The van der Waals surface area contributed by atoms with E-state index in [1.165, 1.54) is 34.9 Å². The van der Waals surface area contributed by atoms with Crippen LogP contribution in [0.15, 0.2) is 46.1 Å². The van der Waals surface area contributed by atoms with E-state index in [-0.39, 0.29) is 29.4 Å². The van der Waals surface area contributed by atoms with Crippen LogP contribution in [0.3, 0.4) is 0 Å². The molecule has 1 atom stereocenters. The fourth-order valence-corrected chi connectivity index (χ4v) is 5.01. The Kier molecular flexibility index (Phi) is 7.64. The number of halogens is 2. The van der Waals surface area contributed by atoms with Gasteiger partial charge in [-0.05, 0) is 55.7 Å². The quantitative estimate of drug-likeness (QED) is 0.318. The van der Waals surface area contributed by atoms with E-state index in [2.05, 4.69) is 68.6 Å². The smallest absolute Gasteiger partial charge is 0.193 e. The van der Waals surface area contributed by atoms with Crippen molar-refractivity contribution in [3.8, 4) is 0 Å². The van der Waals surface area contributed by atoms with Gasteiger partial charge in [0.25, 0.3) is 0 Å². The Morgan fingerprint density at radius 2 is 2.14 bits per heavy atom. The number of benzene rings is 1. The van der Waals surface area contributed by atoms with Crippen LogP contribution in [0.2, 0.25) is 0 Å². The minimum atomic E-state index is 0. The van der Waals surface area contributed by atoms with Crippen LogP contribution in [0.1, 0.15) is 37.3 Å². The maximum absolute atomic E-state index is 5.09. The minimum absolute atomic E-state index is 0. The van der Waals surface area contributed by atoms with E-state index in [9.17, 15) is 0 Å². The van der Waals surface area contributed by atoms with Crippen LogP contribution in [0.25, 0.3) is 0 Å². The number of hydrogen-bond acceptors (Lipinski definition) is 2. The Morgan fingerprint density at radius 3 is 2.79 bits per heavy atom. The number of nitrogens with one attached hydrogen (secondary N) is 1. The summed E-state index contributed by atoms with van der Waals surface area (Å²) in [6, 6.07) is 8.62. The largest absolute Gasteiger partial charge is 0.357 e. The average molecular weight is 572 g/mol. The molecule has 1 aliphatic heterocycles. The van der Waals surface area contributed by atoms with Crippen molar-refractivity contribution in [3.05, 3.63) is 52.3 Å².